The highest BCUT2D eigenvalue weighted by Gasteiger charge is 2.50. The van der Waals surface area contributed by atoms with Gasteiger partial charge in [-0.3, -0.25) is 4.79 Å². The molecule has 0 spiro atoms. The highest BCUT2D eigenvalue weighted by molar-refractivity contribution is 7.07. The van der Waals surface area contributed by atoms with E-state index in [0.717, 1.165) is 12.1 Å². The lowest BCUT2D eigenvalue weighted by Gasteiger charge is -2.40. The number of methoxy groups -OCH3 is 2. The number of thiophene rings is 1. The molecule has 1 aromatic carbocycles. The van der Waals surface area contributed by atoms with E-state index in [0.29, 0.717) is 17.8 Å². The molecule has 2 heterocycles. The van der Waals surface area contributed by atoms with Gasteiger partial charge < -0.3 is 14.4 Å². The average molecular weight is 412 g/mol. The third-order valence-corrected chi connectivity index (χ3v) is 6.07. The van der Waals surface area contributed by atoms with Gasteiger partial charge in [-0.15, -0.1) is 0 Å². The zero-order chi connectivity index (χ0) is 21.0. The van der Waals surface area contributed by atoms with Gasteiger partial charge in [0.05, 0.1) is 19.8 Å². The molecule has 1 atom stereocenters. The number of esters is 2. The maximum absolute atomic E-state index is 13.1. The van der Waals surface area contributed by atoms with Gasteiger partial charge in [0.15, 0.2) is 0 Å². The van der Waals surface area contributed by atoms with Gasteiger partial charge in [-0.1, -0.05) is 30.3 Å². The Balaban J connectivity index is 2.15. The minimum absolute atomic E-state index is 0.286. The molecule has 6 heteroatoms. The van der Waals surface area contributed by atoms with Gasteiger partial charge in [-0.25, -0.2) is 4.79 Å². The van der Waals surface area contributed by atoms with Crippen molar-refractivity contribution in [3.63, 3.8) is 0 Å². The Morgan fingerprint density at radius 2 is 1.79 bits per heavy atom. The lowest BCUT2D eigenvalue weighted by Crippen LogP contribution is -2.46. The first kappa shape index (κ1) is 20.9. The molecule has 1 aliphatic heterocycles. The van der Waals surface area contributed by atoms with E-state index in [1.165, 1.54) is 19.8 Å². The fraction of sp³-hybridized carbons (Fsp3) is 0.304. The number of rotatable bonds is 6. The molecule has 0 saturated heterocycles. The Bertz CT molecular complexity index is 947. The molecule has 1 aromatic heterocycles. The zero-order valence-electron chi connectivity index (χ0n) is 17.1. The third kappa shape index (κ3) is 3.72. The van der Waals surface area contributed by atoms with Crippen LogP contribution in [0.5, 0.6) is 0 Å². The molecule has 5 nitrogen and oxygen atoms in total. The quantitative estimate of drug-likeness (QED) is 0.671. The first-order valence-corrected chi connectivity index (χ1v) is 10.3. The smallest absolute Gasteiger partial charge is 0.337 e. The van der Waals surface area contributed by atoms with Crippen LogP contribution in [0.4, 0.5) is 0 Å². The van der Waals surface area contributed by atoms with E-state index in [9.17, 15) is 9.59 Å². The van der Waals surface area contributed by atoms with Gasteiger partial charge in [0.2, 0.25) is 0 Å². The van der Waals surface area contributed by atoms with Crippen LogP contribution in [-0.2, 0) is 30.9 Å². The number of hydrogen-bond donors (Lipinski definition) is 0. The van der Waals surface area contributed by atoms with Crippen molar-refractivity contribution in [1.29, 1.82) is 0 Å². The summed E-state index contributed by atoms with van der Waals surface area (Å²) in [5, 5.41) is 4.17. The molecule has 1 unspecified atom stereocenters. The van der Waals surface area contributed by atoms with Crippen LogP contribution < -0.4 is 0 Å². The monoisotopic (exact) mass is 411 g/mol. The minimum atomic E-state index is -1.35. The van der Waals surface area contributed by atoms with Gasteiger partial charge in [-0.05, 0) is 54.3 Å². The molecule has 3 rings (SSSR count). The van der Waals surface area contributed by atoms with Crippen LogP contribution in [0, 0.1) is 0 Å². The number of allylic oxidation sites excluding steroid dienone is 2. The van der Waals surface area contributed by atoms with Crippen molar-refractivity contribution in [1.82, 2.24) is 4.90 Å². The van der Waals surface area contributed by atoms with E-state index >= 15 is 0 Å². The maximum Gasteiger partial charge on any atom is 0.337 e. The summed E-state index contributed by atoms with van der Waals surface area (Å²) in [4.78, 5) is 28.1. The summed E-state index contributed by atoms with van der Waals surface area (Å²) in [6, 6.07) is 11.3. The first-order valence-electron chi connectivity index (χ1n) is 9.37. The standard InChI is InChI=1S/C23H25NO4S/c1-16-14-23(22(26)28-4,19-8-6-5-7-9-19)20(21(25)27-3)17(2)24(16)12-10-18-11-13-29-15-18/h5-9,11,13-15H,10,12H2,1-4H3. The maximum atomic E-state index is 13.1. The number of nitrogens with zero attached hydrogens (tertiary/aromatic N) is 1. The molecule has 1 aliphatic rings. The normalized spacial score (nSPS) is 19.0. The summed E-state index contributed by atoms with van der Waals surface area (Å²) in [5.41, 5.74) is 2.43. The van der Waals surface area contributed by atoms with E-state index < -0.39 is 17.4 Å². The molecule has 0 bridgehead atoms. The van der Waals surface area contributed by atoms with Crippen LogP contribution >= 0.6 is 11.3 Å². The van der Waals surface area contributed by atoms with E-state index in [1.807, 2.05) is 50.3 Å². The molecule has 0 radical (unpaired) electrons. The number of carbonyl (C=O) groups excluding carboxylic acids is 2. The minimum Gasteiger partial charge on any atom is -0.468 e. The highest BCUT2D eigenvalue weighted by atomic mass is 32.1. The topological polar surface area (TPSA) is 55.8 Å². The summed E-state index contributed by atoms with van der Waals surface area (Å²) in [6.45, 7) is 4.50. The predicted octanol–water partition coefficient (Wildman–Crippen LogP) is 4.07. The van der Waals surface area contributed by atoms with Crippen molar-refractivity contribution in [2.75, 3.05) is 20.8 Å². The van der Waals surface area contributed by atoms with E-state index in [1.54, 1.807) is 11.3 Å². The SMILES string of the molecule is COC(=O)C1=C(C)N(CCc2ccsc2)C(C)=CC1(C(=O)OC)c1ccccc1. The Morgan fingerprint density at radius 1 is 1.07 bits per heavy atom. The summed E-state index contributed by atoms with van der Waals surface area (Å²) >= 11 is 1.66. The molecular formula is C23H25NO4S. The largest absolute Gasteiger partial charge is 0.468 e. The van der Waals surface area contributed by atoms with E-state index in [-0.39, 0.29) is 5.57 Å². The second-order valence-corrected chi connectivity index (χ2v) is 7.72. The van der Waals surface area contributed by atoms with E-state index in [4.69, 9.17) is 9.47 Å². The Kier molecular flexibility index (Phi) is 6.23. The molecular weight excluding hydrogens is 386 g/mol. The van der Waals surface area contributed by atoms with Crippen molar-refractivity contribution in [3.05, 3.63) is 81.3 Å². The fourth-order valence-corrected chi connectivity index (χ4v) is 4.65. The Hall–Kier alpha value is -2.86. The molecule has 0 fully saturated rings. The average Bonchev–Trinajstić information content (AvgIpc) is 3.26. The number of hydrogen-bond acceptors (Lipinski definition) is 6. The van der Waals surface area contributed by atoms with Gasteiger partial charge in [0.1, 0.15) is 5.41 Å². The predicted molar refractivity (Wildman–Crippen MR) is 113 cm³/mol. The molecule has 0 amide bonds. The summed E-state index contributed by atoms with van der Waals surface area (Å²) in [6.07, 6.45) is 2.65. The van der Waals surface area contributed by atoms with Gasteiger partial charge in [0.25, 0.3) is 0 Å². The summed E-state index contributed by atoms with van der Waals surface area (Å²) in [5.74, 6) is -1.05. The third-order valence-electron chi connectivity index (χ3n) is 5.34. The van der Waals surface area contributed by atoms with Crippen molar-refractivity contribution >= 4 is 23.3 Å². The van der Waals surface area contributed by atoms with Gasteiger partial charge in [0, 0.05) is 17.9 Å². The molecule has 0 aliphatic carbocycles. The molecule has 2 aromatic rings. The number of ether oxygens (including phenoxy) is 2. The lowest BCUT2D eigenvalue weighted by molar-refractivity contribution is -0.148. The Morgan fingerprint density at radius 3 is 2.38 bits per heavy atom. The van der Waals surface area contributed by atoms with Gasteiger partial charge in [-0.2, -0.15) is 11.3 Å². The van der Waals surface area contributed by atoms with Crippen LogP contribution in [0.15, 0.2) is 70.2 Å². The van der Waals surface area contributed by atoms with Crippen molar-refractivity contribution in [2.45, 2.75) is 25.7 Å². The molecule has 152 valence electrons. The highest BCUT2D eigenvalue weighted by Crippen LogP contribution is 2.43. The summed E-state index contributed by atoms with van der Waals surface area (Å²) in [7, 11) is 2.67. The number of benzene rings is 1. The van der Waals surface area contributed by atoms with Crippen LogP contribution in [0.3, 0.4) is 0 Å². The molecule has 29 heavy (non-hydrogen) atoms. The number of carbonyl (C=O) groups is 2. The first-order chi connectivity index (χ1) is 14.0. The van der Waals surface area contributed by atoms with Crippen molar-refractivity contribution < 1.29 is 19.1 Å². The molecule has 0 saturated carbocycles. The second-order valence-electron chi connectivity index (χ2n) is 6.94. The van der Waals surface area contributed by atoms with Crippen molar-refractivity contribution in [2.24, 2.45) is 0 Å². The second kappa shape index (κ2) is 8.66. The van der Waals surface area contributed by atoms with Crippen LogP contribution in [0.2, 0.25) is 0 Å². The zero-order valence-corrected chi connectivity index (χ0v) is 17.9. The fourth-order valence-electron chi connectivity index (χ4n) is 3.95. The summed E-state index contributed by atoms with van der Waals surface area (Å²) < 4.78 is 10.3. The van der Waals surface area contributed by atoms with Crippen LogP contribution in [-0.4, -0.2) is 37.6 Å². The van der Waals surface area contributed by atoms with Crippen LogP contribution in [0.25, 0.3) is 0 Å². The van der Waals surface area contributed by atoms with Gasteiger partial charge >= 0.3 is 11.9 Å². The van der Waals surface area contributed by atoms with Crippen molar-refractivity contribution in [3.8, 4) is 0 Å². The van der Waals surface area contributed by atoms with Crippen LogP contribution in [0.1, 0.15) is 25.0 Å². The Labute approximate surface area is 175 Å². The van der Waals surface area contributed by atoms with E-state index in [2.05, 4.69) is 21.7 Å². The molecule has 0 N–H and O–H groups in total. The lowest BCUT2D eigenvalue weighted by atomic mass is 9.70.